The highest BCUT2D eigenvalue weighted by molar-refractivity contribution is 5.84. The molecule has 1 nitrogen and oxygen atoms in total. The normalized spacial score (nSPS) is 25.7. The summed E-state index contributed by atoms with van der Waals surface area (Å²) in [6.07, 6.45) is 7.18. The number of carbonyl (C=O) groups is 1. The van der Waals surface area contributed by atoms with Gasteiger partial charge in [-0.3, -0.25) is 4.79 Å². The molecule has 1 rings (SSSR count). The van der Waals surface area contributed by atoms with Gasteiger partial charge in [-0.15, -0.1) is 0 Å². The summed E-state index contributed by atoms with van der Waals surface area (Å²) in [6.45, 7) is 4.27. The minimum absolute atomic E-state index is 0.248. The summed E-state index contributed by atoms with van der Waals surface area (Å²) >= 11 is 0. The third kappa shape index (κ3) is 2.49. The summed E-state index contributed by atoms with van der Waals surface area (Å²) in [5, 5.41) is 0. The van der Waals surface area contributed by atoms with Gasteiger partial charge in [-0.1, -0.05) is 26.0 Å². The Bertz CT molecular complexity index is 168. The first kappa shape index (κ1) is 8.51. The summed E-state index contributed by atoms with van der Waals surface area (Å²) in [4.78, 5) is 11.1. The van der Waals surface area contributed by atoms with Gasteiger partial charge in [-0.25, -0.2) is 0 Å². The van der Waals surface area contributed by atoms with Gasteiger partial charge in [-0.05, 0) is 18.8 Å². The molecular weight excluding hydrogens is 136 g/mol. The maximum Gasteiger partial charge on any atom is 0.139 e. The molecule has 0 radical (unpaired) electrons. The van der Waals surface area contributed by atoms with E-state index in [9.17, 15) is 4.79 Å². The minimum atomic E-state index is 0.248. The zero-order valence-corrected chi connectivity index (χ0v) is 7.34. The van der Waals surface area contributed by atoms with E-state index in [0.29, 0.717) is 11.7 Å². The van der Waals surface area contributed by atoms with Crippen molar-refractivity contribution in [1.82, 2.24) is 0 Å². The van der Waals surface area contributed by atoms with Crippen molar-refractivity contribution in [2.45, 2.75) is 33.1 Å². The van der Waals surface area contributed by atoms with Crippen LogP contribution in [0.15, 0.2) is 12.2 Å². The van der Waals surface area contributed by atoms with Crippen molar-refractivity contribution in [2.24, 2.45) is 11.8 Å². The Morgan fingerprint density at radius 3 is 2.73 bits per heavy atom. The van der Waals surface area contributed by atoms with Crippen molar-refractivity contribution in [3.05, 3.63) is 12.2 Å². The van der Waals surface area contributed by atoms with E-state index in [-0.39, 0.29) is 5.92 Å². The predicted molar refractivity (Wildman–Crippen MR) is 46.3 cm³/mol. The Hall–Kier alpha value is -0.590. The average Bonchev–Trinajstić information content (AvgIpc) is 2.31. The quantitative estimate of drug-likeness (QED) is 0.556. The molecule has 0 aromatic rings. The number of hydrogen-bond donors (Lipinski definition) is 0. The lowest BCUT2D eigenvalue weighted by atomic mass is 10.0. The number of ketones is 1. The molecule has 0 amide bonds. The van der Waals surface area contributed by atoms with Crippen LogP contribution in [0.3, 0.4) is 0 Å². The van der Waals surface area contributed by atoms with Crippen LogP contribution in [0.2, 0.25) is 0 Å². The van der Waals surface area contributed by atoms with Gasteiger partial charge in [0, 0.05) is 12.3 Å². The van der Waals surface area contributed by atoms with E-state index in [0.717, 1.165) is 19.3 Å². The highest BCUT2D eigenvalue weighted by Gasteiger charge is 2.21. The van der Waals surface area contributed by atoms with E-state index in [1.807, 2.05) is 0 Å². The van der Waals surface area contributed by atoms with Gasteiger partial charge < -0.3 is 0 Å². The lowest BCUT2D eigenvalue weighted by Gasteiger charge is -2.00. The monoisotopic (exact) mass is 152 g/mol. The molecule has 1 heteroatoms. The molecule has 1 fully saturated rings. The van der Waals surface area contributed by atoms with E-state index in [1.54, 1.807) is 0 Å². The fraction of sp³-hybridized carbons (Fsp3) is 0.700. The molecule has 1 atom stereocenters. The lowest BCUT2D eigenvalue weighted by Crippen LogP contribution is -2.02. The second-order valence-corrected chi connectivity index (χ2v) is 3.59. The molecule has 11 heavy (non-hydrogen) atoms. The summed E-state index contributed by atoms with van der Waals surface area (Å²) in [5.41, 5.74) is 0. The summed E-state index contributed by atoms with van der Waals surface area (Å²) in [6, 6.07) is 0. The first-order chi connectivity index (χ1) is 5.20. The minimum Gasteiger partial charge on any atom is -0.299 e. The first-order valence-electron chi connectivity index (χ1n) is 4.41. The molecule has 0 N–H and O–H groups in total. The molecule has 0 bridgehead atoms. The third-order valence-corrected chi connectivity index (χ3v) is 2.08. The van der Waals surface area contributed by atoms with Crippen molar-refractivity contribution < 1.29 is 4.79 Å². The van der Waals surface area contributed by atoms with Crippen LogP contribution in [-0.4, -0.2) is 5.78 Å². The van der Waals surface area contributed by atoms with Crippen molar-refractivity contribution in [3.63, 3.8) is 0 Å². The van der Waals surface area contributed by atoms with Gasteiger partial charge in [-0.2, -0.15) is 0 Å². The number of hydrogen-bond acceptors (Lipinski definition) is 1. The molecule has 0 spiro atoms. The van der Waals surface area contributed by atoms with Crippen LogP contribution in [0, 0.1) is 11.8 Å². The highest BCUT2D eigenvalue weighted by atomic mass is 16.1. The average molecular weight is 152 g/mol. The van der Waals surface area contributed by atoms with Gasteiger partial charge in [0.25, 0.3) is 0 Å². The second-order valence-electron chi connectivity index (χ2n) is 3.59. The molecule has 0 aliphatic heterocycles. The van der Waals surface area contributed by atoms with E-state index in [4.69, 9.17) is 0 Å². The van der Waals surface area contributed by atoms with Crippen LogP contribution >= 0.6 is 0 Å². The van der Waals surface area contributed by atoms with E-state index < -0.39 is 0 Å². The molecule has 0 saturated heterocycles. The molecular formula is C10H16O. The molecule has 1 aliphatic carbocycles. The number of Topliss-reactive ketones (excluding diaryl/α,β-unsaturated/α-hetero) is 1. The molecule has 1 aliphatic rings. The summed E-state index contributed by atoms with van der Waals surface area (Å²) in [7, 11) is 0. The zero-order valence-electron chi connectivity index (χ0n) is 7.34. The zero-order chi connectivity index (χ0) is 8.27. The Morgan fingerprint density at radius 1 is 1.55 bits per heavy atom. The molecule has 0 aromatic carbocycles. The topological polar surface area (TPSA) is 17.1 Å². The van der Waals surface area contributed by atoms with E-state index in [2.05, 4.69) is 26.0 Å². The SMILES string of the molecule is CC(C)/C=C/C1CCCC1=O. The number of carbonyl (C=O) groups excluding carboxylic acids is 1. The molecule has 62 valence electrons. The van der Waals surface area contributed by atoms with Crippen molar-refractivity contribution in [2.75, 3.05) is 0 Å². The molecule has 0 heterocycles. The van der Waals surface area contributed by atoms with Crippen LogP contribution in [0.1, 0.15) is 33.1 Å². The fourth-order valence-electron chi connectivity index (χ4n) is 1.40. The van der Waals surface area contributed by atoms with E-state index >= 15 is 0 Å². The van der Waals surface area contributed by atoms with E-state index in [1.165, 1.54) is 0 Å². The summed E-state index contributed by atoms with van der Waals surface area (Å²) in [5.74, 6) is 1.25. The number of rotatable bonds is 2. The standard InChI is InChI=1S/C10H16O/c1-8(2)6-7-9-4-3-5-10(9)11/h6-9H,3-5H2,1-2H3/b7-6+. The Kier molecular flexibility index (Phi) is 2.86. The van der Waals surface area contributed by atoms with Crippen LogP contribution in [0.25, 0.3) is 0 Å². The smallest absolute Gasteiger partial charge is 0.139 e. The fourth-order valence-corrected chi connectivity index (χ4v) is 1.40. The van der Waals surface area contributed by atoms with Crippen LogP contribution < -0.4 is 0 Å². The van der Waals surface area contributed by atoms with Crippen molar-refractivity contribution in [3.8, 4) is 0 Å². The van der Waals surface area contributed by atoms with Gasteiger partial charge in [0.1, 0.15) is 5.78 Å². The maximum atomic E-state index is 11.1. The first-order valence-corrected chi connectivity index (χ1v) is 4.41. The van der Waals surface area contributed by atoms with Gasteiger partial charge >= 0.3 is 0 Å². The van der Waals surface area contributed by atoms with Gasteiger partial charge in [0.2, 0.25) is 0 Å². The molecule has 1 unspecified atom stereocenters. The van der Waals surface area contributed by atoms with Crippen molar-refractivity contribution >= 4 is 5.78 Å². The molecule has 1 saturated carbocycles. The van der Waals surface area contributed by atoms with Gasteiger partial charge in [0.05, 0.1) is 0 Å². The van der Waals surface area contributed by atoms with Crippen LogP contribution in [-0.2, 0) is 4.79 Å². The lowest BCUT2D eigenvalue weighted by molar-refractivity contribution is -0.119. The van der Waals surface area contributed by atoms with Crippen LogP contribution in [0.4, 0.5) is 0 Å². The predicted octanol–water partition coefficient (Wildman–Crippen LogP) is 2.57. The highest BCUT2D eigenvalue weighted by Crippen LogP contribution is 2.22. The number of allylic oxidation sites excluding steroid dienone is 2. The third-order valence-electron chi connectivity index (χ3n) is 2.08. The van der Waals surface area contributed by atoms with Crippen LogP contribution in [0.5, 0.6) is 0 Å². The van der Waals surface area contributed by atoms with Crippen molar-refractivity contribution in [1.29, 1.82) is 0 Å². The second kappa shape index (κ2) is 3.70. The summed E-state index contributed by atoms with van der Waals surface area (Å²) < 4.78 is 0. The molecule has 0 aromatic heterocycles. The largest absolute Gasteiger partial charge is 0.299 e. The maximum absolute atomic E-state index is 11.1. The Morgan fingerprint density at radius 2 is 2.27 bits per heavy atom. The van der Waals surface area contributed by atoms with Gasteiger partial charge in [0.15, 0.2) is 0 Å². The Labute approximate surface area is 68.5 Å². The Balaban J connectivity index is 2.42.